The predicted octanol–water partition coefficient (Wildman–Crippen LogP) is 3.36. The Bertz CT molecular complexity index is 464. The molecule has 1 aromatic carbocycles. The van der Waals surface area contributed by atoms with E-state index in [2.05, 4.69) is 9.47 Å². The highest BCUT2D eigenvalue weighted by Crippen LogP contribution is 2.31. The first-order chi connectivity index (χ1) is 8.64. The maximum atomic E-state index is 12.9. The van der Waals surface area contributed by atoms with Gasteiger partial charge in [-0.3, -0.25) is 0 Å². The first-order valence-electron chi connectivity index (χ1n) is 4.59. The van der Waals surface area contributed by atoms with Crippen LogP contribution in [0, 0.1) is 11.3 Å². The molecule has 104 valence electrons. The molecule has 0 saturated carbocycles. The highest BCUT2D eigenvalue weighted by Gasteiger charge is 2.50. The van der Waals surface area contributed by atoms with Crippen LogP contribution in [0.15, 0.2) is 24.3 Å². The standard InChI is InChI=1S/C10H5F6NO2/c11-8(19-10(14,15)16)9(12,13)18-7-3-1-6(5-17)2-4-7/h1-4,8H/t8-/m0/s1. The van der Waals surface area contributed by atoms with Crippen LogP contribution in [0.4, 0.5) is 26.3 Å². The molecule has 1 atom stereocenters. The number of rotatable bonds is 4. The van der Waals surface area contributed by atoms with Crippen LogP contribution in [0.3, 0.4) is 0 Å². The van der Waals surface area contributed by atoms with E-state index in [1.54, 1.807) is 6.07 Å². The summed E-state index contributed by atoms with van der Waals surface area (Å²) in [4.78, 5) is 0. The minimum atomic E-state index is -5.56. The van der Waals surface area contributed by atoms with Crippen LogP contribution in [-0.4, -0.2) is 18.8 Å². The lowest BCUT2D eigenvalue weighted by molar-refractivity contribution is -0.411. The third kappa shape index (κ3) is 4.67. The van der Waals surface area contributed by atoms with Gasteiger partial charge in [-0.1, -0.05) is 0 Å². The molecule has 3 nitrogen and oxygen atoms in total. The van der Waals surface area contributed by atoms with Crippen molar-refractivity contribution in [2.24, 2.45) is 0 Å². The second-order valence-corrected chi connectivity index (χ2v) is 3.18. The fraction of sp³-hybridized carbons (Fsp3) is 0.300. The second-order valence-electron chi connectivity index (χ2n) is 3.18. The number of nitriles is 1. The van der Waals surface area contributed by atoms with E-state index in [1.807, 2.05) is 0 Å². The van der Waals surface area contributed by atoms with Crippen molar-refractivity contribution in [1.82, 2.24) is 0 Å². The molecular weight excluding hydrogens is 280 g/mol. The van der Waals surface area contributed by atoms with Crippen molar-refractivity contribution in [3.8, 4) is 11.8 Å². The van der Waals surface area contributed by atoms with Crippen molar-refractivity contribution >= 4 is 0 Å². The fourth-order valence-corrected chi connectivity index (χ4v) is 0.987. The second kappa shape index (κ2) is 5.36. The van der Waals surface area contributed by atoms with E-state index in [4.69, 9.17) is 5.26 Å². The molecule has 9 heteroatoms. The topological polar surface area (TPSA) is 42.2 Å². The van der Waals surface area contributed by atoms with Gasteiger partial charge in [0, 0.05) is 0 Å². The van der Waals surface area contributed by atoms with Crippen LogP contribution < -0.4 is 4.74 Å². The Morgan fingerprint density at radius 1 is 1.05 bits per heavy atom. The molecule has 0 bridgehead atoms. The highest BCUT2D eigenvalue weighted by molar-refractivity contribution is 5.34. The minimum Gasteiger partial charge on any atom is -0.429 e. The Hall–Kier alpha value is -1.95. The number of benzene rings is 1. The van der Waals surface area contributed by atoms with E-state index in [-0.39, 0.29) is 5.56 Å². The average molecular weight is 285 g/mol. The van der Waals surface area contributed by atoms with E-state index in [0.717, 1.165) is 24.3 Å². The fourth-order valence-electron chi connectivity index (χ4n) is 0.987. The molecule has 0 radical (unpaired) electrons. The molecule has 0 aliphatic heterocycles. The molecule has 0 aromatic heterocycles. The number of hydrogen-bond donors (Lipinski definition) is 0. The number of hydrogen-bond acceptors (Lipinski definition) is 3. The predicted molar refractivity (Wildman–Crippen MR) is 48.8 cm³/mol. The van der Waals surface area contributed by atoms with Gasteiger partial charge in [-0.05, 0) is 24.3 Å². The van der Waals surface area contributed by atoms with Gasteiger partial charge in [0.05, 0.1) is 11.6 Å². The molecule has 0 N–H and O–H groups in total. The summed E-state index contributed by atoms with van der Waals surface area (Å²) >= 11 is 0. The van der Waals surface area contributed by atoms with Gasteiger partial charge in [-0.2, -0.15) is 14.0 Å². The molecule has 0 saturated heterocycles. The molecule has 0 unspecified atom stereocenters. The van der Waals surface area contributed by atoms with Crippen LogP contribution in [0.1, 0.15) is 5.56 Å². The van der Waals surface area contributed by atoms with Gasteiger partial charge in [0.2, 0.25) is 0 Å². The van der Waals surface area contributed by atoms with Crippen LogP contribution in [0.25, 0.3) is 0 Å². The molecule has 0 aliphatic carbocycles. The van der Waals surface area contributed by atoms with Gasteiger partial charge < -0.3 is 4.74 Å². The summed E-state index contributed by atoms with van der Waals surface area (Å²) in [6, 6.07) is 5.59. The van der Waals surface area contributed by atoms with Crippen molar-refractivity contribution in [2.45, 2.75) is 18.8 Å². The zero-order chi connectivity index (χ0) is 14.7. The van der Waals surface area contributed by atoms with Crippen molar-refractivity contribution in [3.05, 3.63) is 29.8 Å². The van der Waals surface area contributed by atoms with Gasteiger partial charge in [0.15, 0.2) is 0 Å². The summed E-state index contributed by atoms with van der Waals surface area (Å²) in [6.07, 6.45) is -14.4. The summed E-state index contributed by atoms with van der Waals surface area (Å²) in [7, 11) is 0. The highest BCUT2D eigenvalue weighted by atomic mass is 19.4. The first kappa shape index (κ1) is 15.1. The lowest BCUT2D eigenvalue weighted by Crippen LogP contribution is -2.41. The van der Waals surface area contributed by atoms with Gasteiger partial charge in [0.25, 0.3) is 0 Å². The molecule has 0 aliphatic rings. The number of ether oxygens (including phenoxy) is 2. The molecule has 0 heterocycles. The average Bonchev–Trinajstić information content (AvgIpc) is 2.27. The van der Waals surface area contributed by atoms with Crippen LogP contribution in [-0.2, 0) is 4.74 Å². The molecule has 0 amide bonds. The summed E-state index contributed by atoms with van der Waals surface area (Å²) in [5.41, 5.74) is 0.110. The van der Waals surface area contributed by atoms with Gasteiger partial charge >= 0.3 is 18.8 Å². The van der Waals surface area contributed by atoms with Crippen LogP contribution in [0.5, 0.6) is 5.75 Å². The molecule has 1 aromatic rings. The third-order valence-corrected chi connectivity index (χ3v) is 1.74. The quantitative estimate of drug-likeness (QED) is 0.796. The number of nitrogens with zero attached hydrogens (tertiary/aromatic N) is 1. The molecule has 19 heavy (non-hydrogen) atoms. The third-order valence-electron chi connectivity index (χ3n) is 1.74. The zero-order valence-electron chi connectivity index (χ0n) is 8.92. The van der Waals surface area contributed by atoms with E-state index in [0.29, 0.717) is 0 Å². The summed E-state index contributed by atoms with van der Waals surface area (Å²) in [5, 5.41) is 8.43. The Morgan fingerprint density at radius 2 is 1.58 bits per heavy atom. The normalized spacial score (nSPS) is 13.7. The maximum Gasteiger partial charge on any atom is 0.525 e. The van der Waals surface area contributed by atoms with E-state index in [1.165, 1.54) is 0 Å². The molecular formula is C10H5F6NO2. The minimum absolute atomic E-state index is 0.110. The van der Waals surface area contributed by atoms with Crippen LogP contribution >= 0.6 is 0 Å². The Morgan fingerprint density at radius 3 is 2.00 bits per heavy atom. The first-order valence-corrected chi connectivity index (χ1v) is 4.59. The van der Waals surface area contributed by atoms with Crippen LogP contribution in [0.2, 0.25) is 0 Å². The largest absolute Gasteiger partial charge is 0.525 e. The van der Waals surface area contributed by atoms with Gasteiger partial charge in [-0.25, -0.2) is 9.13 Å². The summed E-state index contributed by atoms with van der Waals surface area (Å²) in [5.74, 6) is -0.613. The molecule has 0 spiro atoms. The lowest BCUT2D eigenvalue weighted by atomic mass is 10.2. The Kier molecular flexibility index (Phi) is 4.26. The summed E-state index contributed by atoms with van der Waals surface area (Å²) < 4.78 is 79.5. The summed E-state index contributed by atoms with van der Waals surface area (Å²) in [6.45, 7) is 0. The van der Waals surface area contributed by atoms with Gasteiger partial charge in [-0.15, -0.1) is 13.2 Å². The van der Waals surface area contributed by atoms with Gasteiger partial charge in [0.1, 0.15) is 5.75 Å². The van der Waals surface area contributed by atoms with Crippen molar-refractivity contribution in [3.63, 3.8) is 0 Å². The van der Waals surface area contributed by atoms with Crippen molar-refractivity contribution in [2.75, 3.05) is 0 Å². The monoisotopic (exact) mass is 285 g/mol. The van der Waals surface area contributed by atoms with E-state index >= 15 is 0 Å². The zero-order valence-corrected chi connectivity index (χ0v) is 8.92. The van der Waals surface area contributed by atoms with E-state index in [9.17, 15) is 26.3 Å². The SMILES string of the molecule is N#Cc1ccc(OC(F)(F)[C@@H](F)OC(F)(F)F)cc1. The Labute approximate surface area is 103 Å². The molecule has 1 rings (SSSR count). The van der Waals surface area contributed by atoms with Crippen molar-refractivity contribution in [1.29, 1.82) is 5.26 Å². The van der Waals surface area contributed by atoms with E-state index < -0.39 is 24.6 Å². The number of alkyl halides is 6. The molecule has 0 fully saturated rings. The Balaban J connectivity index is 2.75. The smallest absolute Gasteiger partial charge is 0.429 e. The number of halogens is 6. The lowest BCUT2D eigenvalue weighted by Gasteiger charge is -2.22. The van der Waals surface area contributed by atoms with Crippen molar-refractivity contribution < 1.29 is 35.8 Å². The maximum absolute atomic E-state index is 12.9.